The van der Waals surface area contributed by atoms with Crippen LogP contribution in [0.3, 0.4) is 0 Å². The first-order valence-electron chi connectivity index (χ1n) is 9.61. The fraction of sp³-hybridized carbons (Fsp3) is 0.217. The van der Waals surface area contributed by atoms with Gasteiger partial charge in [-0.2, -0.15) is 0 Å². The molecule has 0 atom stereocenters. The minimum absolute atomic E-state index is 0. The van der Waals surface area contributed by atoms with Crippen LogP contribution in [-0.4, -0.2) is 35.0 Å². The lowest BCUT2D eigenvalue weighted by atomic mass is 10.1. The van der Waals surface area contributed by atoms with Crippen molar-refractivity contribution in [2.75, 3.05) is 18.4 Å². The van der Waals surface area contributed by atoms with E-state index in [-0.39, 0.29) is 23.9 Å². The van der Waals surface area contributed by atoms with Crippen molar-refractivity contribution in [1.29, 1.82) is 0 Å². The molecule has 0 saturated heterocycles. The quantitative estimate of drug-likeness (QED) is 0.599. The van der Waals surface area contributed by atoms with Gasteiger partial charge in [0.25, 0.3) is 5.91 Å². The number of halogens is 1. The first kappa shape index (κ1) is 22.0. The Bertz CT molecular complexity index is 993. The SMILES string of the molecule is Cl.O=C(O)c1ccc(NC(=O)c2cc3c(s2)CCN(Cc2ccccc2)CC3)cc1. The molecule has 5 nitrogen and oxygen atoms in total. The number of rotatable bonds is 5. The molecular weight excluding hydrogens is 420 g/mol. The number of nitrogens with zero attached hydrogens (tertiary/aromatic N) is 1. The number of hydrogen-bond acceptors (Lipinski definition) is 4. The fourth-order valence-corrected chi connectivity index (χ4v) is 4.64. The van der Waals surface area contributed by atoms with Crippen LogP contribution < -0.4 is 5.32 Å². The average Bonchev–Trinajstić information content (AvgIpc) is 3.05. The van der Waals surface area contributed by atoms with Crippen molar-refractivity contribution in [2.24, 2.45) is 0 Å². The maximum atomic E-state index is 12.6. The van der Waals surface area contributed by atoms with E-state index in [0.717, 1.165) is 32.5 Å². The van der Waals surface area contributed by atoms with Crippen molar-refractivity contribution in [1.82, 2.24) is 4.90 Å². The first-order chi connectivity index (χ1) is 14.1. The van der Waals surface area contributed by atoms with E-state index < -0.39 is 5.97 Å². The molecule has 0 bridgehead atoms. The summed E-state index contributed by atoms with van der Waals surface area (Å²) in [5.74, 6) is -1.13. The van der Waals surface area contributed by atoms with Crippen LogP contribution in [0, 0.1) is 0 Å². The van der Waals surface area contributed by atoms with E-state index in [1.54, 1.807) is 23.5 Å². The van der Waals surface area contributed by atoms with Crippen LogP contribution >= 0.6 is 23.7 Å². The van der Waals surface area contributed by atoms with Crippen LogP contribution in [0.4, 0.5) is 5.69 Å². The largest absolute Gasteiger partial charge is 0.478 e. The Morgan fingerprint density at radius 3 is 2.40 bits per heavy atom. The van der Waals surface area contributed by atoms with E-state index in [4.69, 9.17) is 5.11 Å². The molecule has 1 amide bonds. The molecule has 4 rings (SSSR count). The smallest absolute Gasteiger partial charge is 0.335 e. The van der Waals surface area contributed by atoms with E-state index in [9.17, 15) is 9.59 Å². The third-order valence-electron chi connectivity index (χ3n) is 5.11. The Morgan fingerprint density at radius 2 is 1.70 bits per heavy atom. The molecule has 0 saturated carbocycles. The summed E-state index contributed by atoms with van der Waals surface area (Å²) in [6.07, 6.45) is 1.90. The summed E-state index contributed by atoms with van der Waals surface area (Å²) in [7, 11) is 0. The van der Waals surface area contributed by atoms with E-state index in [1.165, 1.54) is 28.1 Å². The Kier molecular flexibility index (Phi) is 7.26. The normalized spacial score (nSPS) is 13.6. The zero-order valence-corrected chi connectivity index (χ0v) is 18.0. The number of hydrogen-bond donors (Lipinski definition) is 2. The molecule has 1 aromatic heterocycles. The maximum Gasteiger partial charge on any atom is 0.335 e. The molecule has 0 fully saturated rings. The highest BCUT2D eigenvalue weighted by Gasteiger charge is 2.19. The molecule has 1 aliphatic rings. The number of carboxylic acids is 1. The molecule has 0 spiro atoms. The summed E-state index contributed by atoms with van der Waals surface area (Å²) < 4.78 is 0. The molecule has 3 aromatic rings. The number of benzene rings is 2. The molecule has 0 unspecified atom stereocenters. The maximum absolute atomic E-state index is 12.6. The standard InChI is InChI=1S/C23H22N2O3S.ClH/c26-22(24-19-8-6-17(7-9-19)23(27)28)21-14-18-10-12-25(13-11-20(18)29-21)15-16-4-2-1-3-5-16;/h1-9,14H,10-13,15H2,(H,24,26)(H,27,28);1H. The number of thiophene rings is 1. The zero-order valence-electron chi connectivity index (χ0n) is 16.3. The monoisotopic (exact) mass is 442 g/mol. The Labute approximate surface area is 185 Å². The highest BCUT2D eigenvalue weighted by Crippen LogP contribution is 2.27. The second kappa shape index (κ2) is 9.89. The van der Waals surface area contributed by atoms with Crippen LogP contribution in [0.15, 0.2) is 60.7 Å². The van der Waals surface area contributed by atoms with Gasteiger partial charge in [0.1, 0.15) is 0 Å². The molecule has 2 heterocycles. The lowest BCUT2D eigenvalue weighted by molar-refractivity contribution is 0.0696. The summed E-state index contributed by atoms with van der Waals surface area (Å²) in [5.41, 5.74) is 3.38. The highest BCUT2D eigenvalue weighted by molar-refractivity contribution is 7.14. The van der Waals surface area contributed by atoms with Crippen LogP contribution in [0.25, 0.3) is 0 Å². The van der Waals surface area contributed by atoms with Crippen molar-refractivity contribution in [3.05, 3.63) is 87.1 Å². The lowest BCUT2D eigenvalue weighted by Crippen LogP contribution is -2.25. The molecular formula is C23H23ClN2O3S. The van der Waals surface area contributed by atoms with Crippen LogP contribution in [0.1, 0.15) is 36.0 Å². The van der Waals surface area contributed by atoms with Gasteiger partial charge in [-0.15, -0.1) is 23.7 Å². The Hall–Kier alpha value is -2.67. The average molecular weight is 443 g/mol. The summed E-state index contributed by atoms with van der Waals surface area (Å²) in [4.78, 5) is 28.0. The van der Waals surface area contributed by atoms with Crippen molar-refractivity contribution in [2.45, 2.75) is 19.4 Å². The fourth-order valence-electron chi connectivity index (χ4n) is 3.54. The summed E-state index contributed by atoms with van der Waals surface area (Å²) >= 11 is 1.56. The molecule has 0 aliphatic carbocycles. The number of carbonyl (C=O) groups is 2. The Morgan fingerprint density at radius 1 is 1.00 bits per heavy atom. The molecule has 7 heteroatoms. The molecule has 156 valence electrons. The second-order valence-electron chi connectivity index (χ2n) is 7.16. The first-order valence-corrected chi connectivity index (χ1v) is 10.4. The second-order valence-corrected chi connectivity index (χ2v) is 8.29. The van der Waals surface area contributed by atoms with Gasteiger partial charge in [0.05, 0.1) is 10.4 Å². The number of carboxylic acid groups (broad SMARTS) is 1. The van der Waals surface area contributed by atoms with E-state index in [0.29, 0.717) is 10.6 Å². The minimum Gasteiger partial charge on any atom is -0.478 e. The number of anilines is 1. The van der Waals surface area contributed by atoms with Gasteiger partial charge < -0.3 is 10.4 Å². The summed E-state index contributed by atoms with van der Waals surface area (Å²) in [6.45, 7) is 2.92. The van der Waals surface area contributed by atoms with Crippen molar-refractivity contribution < 1.29 is 14.7 Å². The Balaban J connectivity index is 0.00000256. The third kappa shape index (κ3) is 5.27. The topological polar surface area (TPSA) is 69.6 Å². The van der Waals surface area contributed by atoms with Gasteiger partial charge >= 0.3 is 5.97 Å². The number of aromatic carboxylic acids is 1. The van der Waals surface area contributed by atoms with E-state index in [1.807, 2.05) is 12.1 Å². The molecule has 1 aliphatic heterocycles. The number of amides is 1. The van der Waals surface area contributed by atoms with Gasteiger partial charge in [-0.05, 0) is 54.3 Å². The molecule has 30 heavy (non-hydrogen) atoms. The van der Waals surface area contributed by atoms with E-state index >= 15 is 0 Å². The molecule has 2 aromatic carbocycles. The van der Waals surface area contributed by atoms with Gasteiger partial charge in [-0.1, -0.05) is 30.3 Å². The number of carbonyl (C=O) groups excluding carboxylic acids is 1. The van der Waals surface area contributed by atoms with Crippen LogP contribution in [0.5, 0.6) is 0 Å². The van der Waals surface area contributed by atoms with Gasteiger partial charge in [-0.3, -0.25) is 9.69 Å². The van der Waals surface area contributed by atoms with Crippen LogP contribution in [0.2, 0.25) is 0 Å². The lowest BCUT2D eigenvalue weighted by Gasteiger charge is -2.19. The third-order valence-corrected chi connectivity index (χ3v) is 6.35. The van der Waals surface area contributed by atoms with E-state index in [2.05, 4.69) is 34.5 Å². The number of nitrogens with one attached hydrogen (secondary N) is 1. The molecule has 2 N–H and O–H groups in total. The highest BCUT2D eigenvalue weighted by atomic mass is 35.5. The zero-order chi connectivity index (χ0) is 20.2. The van der Waals surface area contributed by atoms with Gasteiger partial charge in [0, 0.05) is 30.2 Å². The predicted octanol–water partition coefficient (Wildman–Crippen LogP) is 4.72. The van der Waals surface area contributed by atoms with Crippen molar-refractivity contribution in [3.8, 4) is 0 Å². The van der Waals surface area contributed by atoms with Crippen LogP contribution in [-0.2, 0) is 19.4 Å². The predicted molar refractivity (Wildman–Crippen MR) is 122 cm³/mol. The van der Waals surface area contributed by atoms with Crippen molar-refractivity contribution in [3.63, 3.8) is 0 Å². The van der Waals surface area contributed by atoms with Gasteiger partial charge in [-0.25, -0.2) is 4.79 Å². The summed E-state index contributed by atoms with van der Waals surface area (Å²) in [6, 6.07) is 18.7. The summed E-state index contributed by atoms with van der Waals surface area (Å²) in [5, 5.41) is 11.8. The number of fused-ring (bicyclic) bond motifs is 1. The van der Waals surface area contributed by atoms with Gasteiger partial charge in [0.2, 0.25) is 0 Å². The van der Waals surface area contributed by atoms with Gasteiger partial charge in [0.15, 0.2) is 0 Å². The van der Waals surface area contributed by atoms with Crippen molar-refractivity contribution >= 4 is 41.3 Å². The minimum atomic E-state index is -0.980. The molecule has 0 radical (unpaired) electrons.